The molecule has 0 heterocycles. The molecule has 1 aliphatic rings. The smallest absolute Gasteiger partial charge is 0.251 e. The van der Waals surface area contributed by atoms with Crippen LogP contribution >= 0.6 is 0 Å². The van der Waals surface area contributed by atoms with Crippen LogP contribution in [0.2, 0.25) is 0 Å². The van der Waals surface area contributed by atoms with Crippen molar-refractivity contribution < 1.29 is 13.6 Å². The van der Waals surface area contributed by atoms with Crippen molar-refractivity contribution in [2.24, 2.45) is 0 Å². The van der Waals surface area contributed by atoms with E-state index < -0.39 is 11.6 Å². The molecule has 1 aliphatic carbocycles. The third-order valence-electron chi connectivity index (χ3n) is 5.22. The van der Waals surface area contributed by atoms with Crippen molar-refractivity contribution in [3.63, 3.8) is 0 Å². The topological polar surface area (TPSA) is 29.1 Å². The van der Waals surface area contributed by atoms with Gasteiger partial charge in [-0.05, 0) is 47.4 Å². The summed E-state index contributed by atoms with van der Waals surface area (Å²) in [4.78, 5) is 12.3. The lowest BCUT2D eigenvalue weighted by Gasteiger charge is -2.14. The zero-order valence-corrected chi connectivity index (χ0v) is 14.7. The fourth-order valence-electron chi connectivity index (χ4n) is 3.88. The van der Waals surface area contributed by atoms with E-state index in [0.717, 1.165) is 23.1 Å². The second kappa shape index (κ2) is 7.31. The fourth-order valence-corrected chi connectivity index (χ4v) is 3.88. The van der Waals surface area contributed by atoms with Crippen molar-refractivity contribution >= 4 is 5.91 Å². The van der Waals surface area contributed by atoms with Crippen molar-refractivity contribution in [2.45, 2.75) is 18.3 Å². The van der Waals surface area contributed by atoms with E-state index >= 15 is 0 Å². The second-order valence-corrected chi connectivity index (χ2v) is 6.86. The van der Waals surface area contributed by atoms with Crippen LogP contribution in [-0.2, 0) is 0 Å². The van der Waals surface area contributed by atoms with Crippen LogP contribution in [0.3, 0.4) is 0 Å². The van der Waals surface area contributed by atoms with Gasteiger partial charge in [-0.1, -0.05) is 48.5 Å². The number of amides is 1. The molecule has 0 bridgehead atoms. The Labute approximate surface area is 156 Å². The first-order valence-corrected chi connectivity index (χ1v) is 9.00. The summed E-state index contributed by atoms with van der Waals surface area (Å²) in [5.41, 5.74) is 3.65. The minimum atomic E-state index is -0.836. The molecular formula is C23H19F2NO. The zero-order chi connectivity index (χ0) is 18.8. The van der Waals surface area contributed by atoms with E-state index in [2.05, 4.69) is 11.4 Å². The number of benzene rings is 3. The summed E-state index contributed by atoms with van der Waals surface area (Å²) in [7, 11) is 0. The predicted octanol–water partition coefficient (Wildman–Crippen LogP) is 5.01. The summed E-state index contributed by atoms with van der Waals surface area (Å²) < 4.78 is 27.0. The molecule has 1 N–H and O–H groups in total. The Hall–Kier alpha value is -3.01. The van der Waals surface area contributed by atoms with Gasteiger partial charge in [-0.15, -0.1) is 0 Å². The molecule has 2 nitrogen and oxygen atoms in total. The van der Waals surface area contributed by atoms with E-state index in [1.807, 2.05) is 36.4 Å². The maximum atomic E-state index is 13.7. The minimum Gasteiger partial charge on any atom is -0.351 e. The van der Waals surface area contributed by atoms with Crippen molar-refractivity contribution in [2.75, 3.05) is 6.54 Å². The van der Waals surface area contributed by atoms with Gasteiger partial charge in [0.1, 0.15) is 0 Å². The highest BCUT2D eigenvalue weighted by atomic mass is 19.2. The molecule has 136 valence electrons. The molecule has 0 radical (unpaired) electrons. The Balaban J connectivity index is 1.55. The quantitative estimate of drug-likeness (QED) is 0.693. The number of carbonyl (C=O) groups is 1. The van der Waals surface area contributed by atoms with Gasteiger partial charge in [0, 0.05) is 23.9 Å². The van der Waals surface area contributed by atoms with Crippen LogP contribution in [0, 0.1) is 11.6 Å². The Morgan fingerprint density at radius 1 is 0.889 bits per heavy atom. The summed E-state index contributed by atoms with van der Waals surface area (Å²) in [5, 5.41) is 3.00. The maximum absolute atomic E-state index is 13.7. The molecule has 1 amide bonds. The molecular weight excluding hydrogens is 344 g/mol. The SMILES string of the molecule is O=C(NC[C@@H]1C[C@@H](c2ccc(F)c(F)c2)c2ccccc21)c1ccccc1. The van der Waals surface area contributed by atoms with Crippen LogP contribution in [0.5, 0.6) is 0 Å². The van der Waals surface area contributed by atoms with Gasteiger partial charge < -0.3 is 5.32 Å². The molecule has 0 fully saturated rings. The monoisotopic (exact) mass is 363 g/mol. The van der Waals surface area contributed by atoms with Crippen molar-refractivity contribution in [1.29, 1.82) is 0 Å². The zero-order valence-electron chi connectivity index (χ0n) is 14.7. The molecule has 0 spiro atoms. The first-order chi connectivity index (χ1) is 13.1. The predicted molar refractivity (Wildman–Crippen MR) is 101 cm³/mol. The van der Waals surface area contributed by atoms with Crippen LogP contribution < -0.4 is 5.32 Å². The highest BCUT2D eigenvalue weighted by Crippen LogP contribution is 2.45. The fraction of sp³-hybridized carbons (Fsp3) is 0.174. The number of halogens is 2. The van der Waals surface area contributed by atoms with E-state index in [-0.39, 0.29) is 17.7 Å². The minimum absolute atomic E-state index is 0.00470. The number of fused-ring (bicyclic) bond motifs is 1. The van der Waals surface area contributed by atoms with Crippen LogP contribution in [0.25, 0.3) is 0 Å². The number of carbonyl (C=O) groups excluding carboxylic acids is 1. The van der Waals surface area contributed by atoms with Gasteiger partial charge in [-0.2, -0.15) is 0 Å². The highest BCUT2D eigenvalue weighted by molar-refractivity contribution is 5.94. The average Bonchev–Trinajstić information content (AvgIpc) is 3.08. The molecule has 4 rings (SSSR count). The molecule has 2 atom stereocenters. The summed E-state index contributed by atoms with van der Waals surface area (Å²) in [6, 6.07) is 21.2. The summed E-state index contributed by atoms with van der Waals surface area (Å²) in [5.74, 6) is -1.64. The number of hydrogen-bond acceptors (Lipinski definition) is 1. The lowest BCUT2D eigenvalue weighted by Crippen LogP contribution is -2.27. The van der Waals surface area contributed by atoms with Crippen LogP contribution in [0.15, 0.2) is 72.8 Å². The van der Waals surface area contributed by atoms with Gasteiger partial charge >= 0.3 is 0 Å². The van der Waals surface area contributed by atoms with Gasteiger partial charge in [-0.3, -0.25) is 4.79 Å². The Bertz CT molecular complexity index is 971. The average molecular weight is 363 g/mol. The molecule has 3 aromatic rings. The first-order valence-electron chi connectivity index (χ1n) is 9.00. The number of hydrogen-bond donors (Lipinski definition) is 1. The normalized spacial score (nSPS) is 18.1. The van der Waals surface area contributed by atoms with E-state index in [4.69, 9.17) is 0 Å². The second-order valence-electron chi connectivity index (χ2n) is 6.86. The largest absolute Gasteiger partial charge is 0.351 e. The van der Waals surface area contributed by atoms with E-state index in [9.17, 15) is 13.6 Å². The summed E-state index contributed by atoms with van der Waals surface area (Å²) in [6.45, 7) is 0.505. The lowest BCUT2D eigenvalue weighted by molar-refractivity contribution is 0.0951. The molecule has 27 heavy (non-hydrogen) atoms. The van der Waals surface area contributed by atoms with Crippen molar-refractivity contribution in [3.05, 3.63) is 107 Å². The van der Waals surface area contributed by atoms with Crippen LogP contribution in [0.4, 0.5) is 8.78 Å². The molecule has 0 aliphatic heterocycles. The Morgan fingerprint density at radius 3 is 2.33 bits per heavy atom. The third-order valence-corrected chi connectivity index (χ3v) is 5.22. The standard InChI is InChI=1S/C23H19F2NO/c24-21-11-10-16(13-22(21)25)20-12-17(18-8-4-5-9-19(18)20)14-26-23(27)15-6-2-1-3-7-15/h1-11,13,17,20H,12,14H2,(H,26,27)/t17-,20-/m0/s1. The van der Waals surface area contributed by atoms with Gasteiger partial charge in [0.05, 0.1) is 0 Å². The van der Waals surface area contributed by atoms with E-state index in [0.29, 0.717) is 12.1 Å². The maximum Gasteiger partial charge on any atom is 0.251 e. The molecule has 0 saturated carbocycles. The lowest BCUT2D eigenvalue weighted by atomic mass is 9.92. The van der Waals surface area contributed by atoms with Crippen molar-refractivity contribution in [1.82, 2.24) is 5.32 Å². The third kappa shape index (κ3) is 3.47. The van der Waals surface area contributed by atoms with Gasteiger partial charge in [0.25, 0.3) is 5.91 Å². The summed E-state index contributed by atoms with van der Waals surface area (Å²) in [6.07, 6.45) is 0.749. The Morgan fingerprint density at radius 2 is 1.59 bits per heavy atom. The Kier molecular flexibility index (Phi) is 4.71. The van der Waals surface area contributed by atoms with Gasteiger partial charge in [-0.25, -0.2) is 8.78 Å². The van der Waals surface area contributed by atoms with Crippen LogP contribution in [-0.4, -0.2) is 12.5 Å². The highest BCUT2D eigenvalue weighted by Gasteiger charge is 2.32. The van der Waals surface area contributed by atoms with E-state index in [1.165, 1.54) is 12.1 Å². The molecule has 3 aromatic carbocycles. The van der Waals surface area contributed by atoms with Crippen molar-refractivity contribution in [3.8, 4) is 0 Å². The van der Waals surface area contributed by atoms with Crippen LogP contribution in [0.1, 0.15) is 45.3 Å². The summed E-state index contributed by atoms with van der Waals surface area (Å²) >= 11 is 0. The molecule has 0 unspecified atom stereocenters. The first kappa shape index (κ1) is 17.4. The number of nitrogens with one attached hydrogen (secondary N) is 1. The molecule has 0 saturated heterocycles. The van der Waals surface area contributed by atoms with E-state index in [1.54, 1.807) is 18.2 Å². The van der Waals surface area contributed by atoms with Gasteiger partial charge in [0.15, 0.2) is 11.6 Å². The number of rotatable bonds is 4. The molecule has 0 aromatic heterocycles. The molecule has 4 heteroatoms. The van der Waals surface area contributed by atoms with Gasteiger partial charge in [0.2, 0.25) is 0 Å².